The lowest BCUT2D eigenvalue weighted by atomic mass is 9.99. The van der Waals surface area contributed by atoms with E-state index in [1.165, 1.54) is 12.1 Å². The first-order valence-corrected chi connectivity index (χ1v) is 10.3. The Balaban J connectivity index is 2.09. The zero-order chi connectivity index (χ0) is 19.7. The van der Waals surface area contributed by atoms with Gasteiger partial charge in [-0.1, -0.05) is 30.3 Å². The molecule has 2 N–H and O–H groups in total. The van der Waals surface area contributed by atoms with Gasteiger partial charge in [0.2, 0.25) is 0 Å². The van der Waals surface area contributed by atoms with Crippen molar-refractivity contribution < 1.29 is 22.7 Å². The Hall–Kier alpha value is -2.38. The smallest absolute Gasteiger partial charge is 0.315 e. The molecule has 27 heavy (non-hydrogen) atoms. The van der Waals surface area contributed by atoms with Crippen LogP contribution in [0.3, 0.4) is 0 Å². The molecule has 3 atom stereocenters. The zero-order valence-electron chi connectivity index (χ0n) is 15.3. The number of nitrogens with two attached hydrogens (primary N) is 1. The number of rotatable bonds is 7. The molecule has 0 amide bonds. The van der Waals surface area contributed by atoms with Crippen LogP contribution in [0.5, 0.6) is 5.75 Å². The Kier molecular flexibility index (Phi) is 5.26. The fraction of sp³-hybridized carbons (Fsp3) is 0.350. The van der Waals surface area contributed by atoms with Gasteiger partial charge >= 0.3 is 5.97 Å². The van der Waals surface area contributed by atoms with Crippen molar-refractivity contribution in [2.24, 2.45) is 11.1 Å². The van der Waals surface area contributed by atoms with Gasteiger partial charge in [0.1, 0.15) is 11.2 Å². The summed E-state index contributed by atoms with van der Waals surface area (Å²) in [6.45, 7) is 1.74. The summed E-state index contributed by atoms with van der Waals surface area (Å²) in [6, 6.07) is 15.2. The maximum absolute atomic E-state index is 13.3. The monoisotopic (exact) mass is 389 g/mol. The summed E-state index contributed by atoms with van der Waals surface area (Å²) in [5.41, 5.74) is 5.39. The van der Waals surface area contributed by atoms with Crippen molar-refractivity contribution in [2.45, 2.75) is 23.0 Å². The van der Waals surface area contributed by atoms with E-state index in [4.69, 9.17) is 15.2 Å². The number of carbonyl (C=O) groups is 1. The van der Waals surface area contributed by atoms with Crippen molar-refractivity contribution in [3.63, 3.8) is 0 Å². The highest BCUT2D eigenvalue weighted by molar-refractivity contribution is 7.92. The number of hydrogen-bond donors (Lipinski definition) is 1. The van der Waals surface area contributed by atoms with Crippen LogP contribution in [0.25, 0.3) is 0 Å². The Morgan fingerprint density at radius 1 is 1.11 bits per heavy atom. The molecule has 144 valence electrons. The van der Waals surface area contributed by atoms with Gasteiger partial charge < -0.3 is 15.2 Å². The van der Waals surface area contributed by atoms with E-state index in [9.17, 15) is 13.2 Å². The van der Waals surface area contributed by atoms with E-state index < -0.39 is 32.4 Å². The van der Waals surface area contributed by atoms with E-state index in [0.29, 0.717) is 5.75 Å². The molecule has 6 nitrogen and oxygen atoms in total. The van der Waals surface area contributed by atoms with E-state index in [1.54, 1.807) is 56.5 Å². The Labute approximate surface area is 159 Å². The van der Waals surface area contributed by atoms with Crippen molar-refractivity contribution in [1.82, 2.24) is 0 Å². The summed E-state index contributed by atoms with van der Waals surface area (Å²) in [7, 11) is -2.22. The van der Waals surface area contributed by atoms with E-state index in [0.717, 1.165) is 5.56 Å². The lowest BCUT2D eigenvalue weighted by Gasteiger charge is -2.14. The summed E-state index contributed by atoms with van der Waals surface area (Å²) in [5, 5.41) is -0.968. The van der Waals surface area contributed by atoms with Crippen LogP contribution in [0.1, 0.15) is 18.4 Å². The first kappa shape index (κ1) is 19.4. The third-order valence-electron chi connectivity index (χ3n) is 5.13. The van der Waals surface area contributed by atoms with Crippen LogP contribution in [0.15, 0.2) is 59.5 Å². The van der Waals surface area contributed by atoms with Crippen LogP contribution in [0.4, 0.5) is 0 Å². The van der Waals surface area contributed by atoms with Crippen LogP contribution in [0.2, 0.25) is 0 Å². The summed E-state index contributed by atoms with van der Waals surface area (Å²) in [5.74, 6) is -0.494. The minimum Gasteiger partial charge on any atom is -0.497 e. The molecule has 0 unspecified atom stereocenters. The fourth-order valence-electron chi connectivity index (χ4n) is 3.74. The molecule has 7 heteroatoms. The van der Waals surface area contributed by atoms with Crippen molar-refractivity contribution in [1.29, 1.82) is 0 Å². The van der Waals surface area contributed by atoms with Crippen molar-refractivity contribution in [3.8, 4) is 5.75 Å². The number of carbonyl (C=O) groups excluding carboxylic acids is 1. The number of methoxy groups -OCH3 is 1. The summed E-state index contributed by atoms with van der Waals surface area (Å²) in [6.07, 6.45) is 0. The Bertz CT molecular complexity index is 911. The first-order chi connectivity index (χ1) is 12.9. The van der Waals surface area contributed by atoms with E-state index >= 15 is 0 Å². The van der Waals surface area contributed by atoms with Gasteiger partial charge in [-0.25, -0.2) is 8.42 Å². The Morgan fingerprint density at radius 3 is 2.26 bits per heavy atom. The molecule has 1 saturated carbocycles. The van der Waals surface area contributed by atoms with Crippen LogP contribution >= 0.6 is 0 Å². The van der Waals surface area contributed by atoms with E-state index in [1.807, 2.05) is 0 Å². The molecule has 2 aromatic rings. The summed E-state index contributed by atoms with van der Waals surface area (Å²) in [4.78, 5) is 12.9. The lowest BCUT2D eigenvalue weighted by Crippen LogP contribution is -2.33. The predicted octanol–water partition coefficient (Wildman–Crippen LogP) is 2.14. The number of sulfone groups is 1. The molecular weight excluding hydrogens is 366 g/mol. The maximum Gasteiger partial charge on any atom is 0.315 e. The highest BCUT2D eigenvalue weighted by Crippen LogP contribution is 2.64. The third kappa shape index (κ3) is 3.11. The topological polar surface area (TPSA) is 95.7 Å². The fourth-order valence-corrected chi connectivity index (χ4v) is 6.14. The SMILES string of the molecule is CCOC(=O)[C@@]1(CN)[C@H](c2ccc(OC)cc2)[C@@H]1S(=O)(=O)c1ccccc1. The maximum atomic E-state index is 13.3. The molecule has 0 saturated heterocycles. The molecule has 3 rings (SSSR count). The highest BCUT2D eigenvalue weighted by atomic mass is 32.2. The Morgan fingerprint density at radius 2 is 1.74 bits per heavy atom. The number of benzene rings is 2. The second-order valence-corrected chi connectivity index (χ2v) is 8.56. The molecule has 0 aliphatic heterocycles. The molecule has 1 aliphatic rings. The van der Waals surface area contributed by atoms with Gasteiger partial charge in [0.25, 0.3) is 0 Å². The standard InChI is InChI=1S/C20H23NO5S/c1-3-26-19(22)20(13-21)17(14-9-11-15(25-2)12-10-14)18(20)27(23,24)16-7-5-4-6-8-16/h4-12,17-18H,3,13,21H2,1-2H3/t17-,18+,20+/m1/s1. The number of esters is 1. The largest absolute Gasteiger partial charge is 0.497 e. The quantitative estimate of drug-likeness (QED) is 0.729. The molecule has 1 aliphatic carbocycles. The van der Waals surface area contributed by atoms with Crippen LogP contribution in [-0.2, 0) is 19.4 Å². The molecule has 0 heterocycles. The van der Waals surface area contributed by atoms with Gasteiger partial charge in [0.15, 0.2) is 9.84 Å². The van der Waals surface area contributed by atoms with Crippen LogP contribution < -0.4 is 10.5 Å². The van der Waals surface area contributed by atoms with Gasteiger partial charge in [-0.2, -0.15) is 0 Å². The minimum atomic E-state index is -3.77. The molecule has 0 radical (unpaired) electrons. The van der Waals surface area contributed by atoms with Gasteiger partial charge in [-0.05, 0) is 36.8 Å². The predicted molar refractivity (Wildman–Crippen MR) is 101 cm³/mol. The molecule has 0 bridgehead atoms. The van der Waals surface area contributed by atoms with Crippen LogP contribution in [0, 0.1) is 5.41 Å². The second-order valence-electron chi connectivity index (χ2n) is 6.49. The van der Waals surface area contributed by atoms with Gasteiger partial charge in [0, 0.05) is 12.5 Å². The zero-order valence-corrected chi connectivity index (χ0v) is 16.1. The average molecular weight is 389 g/mol. The highest BCUT2D eigenvalue weighted by Gasteiger charge is 2.75. The van der Waals surface area contributed by atoms with E-state index in [-0.39, 0.29) is 18.0 Å². The lowest BCUT2D eigenvalue weighted by molar-refractivity contribution is -0.149. The summed E-state index contributed by atoms with van der Waals surface area (Å²) >= 11 is 0. The average Bonchev–Trinajstić information content (AvgIpc) is 3.40. The summed E-state index contributed by atoms with van der Waals surface area (Å²) < 4.78 is 37.0. The molecule has 0 spiro atoms. The van der Waals surface area contributed by atoms with Crippen molar-refractivity contribution in [2.75, 3.05) is 20.3 Å². The molecule has 1 fully saturated rings. The molecule has 2 aromatic carbocycles. The first-order valence-electron chi connectivity index (χ1n) is 8.73. The van der Waals surface area contributed by atoms with E-state index in [2.05, 4.69) is 0 Å². The number of ether oxygens (including phenoxy) is 2. The minimum absolute atomic E-state index is 0.112. The molecular formula is C20H23NO5S. The van der Waals surface area contributed by atoms with Gasteiger partial charge in [0.05, 0.1) is 23.9 Å². The van der Waals surface area contributed by atoms with Gasteiger partial charge in [-0.3, -0.25) is 4.79 Å². The normalized spacial score (nSPS) is 24.3. The van der Waals surface area contributed by atoms with Gasteiger partial charge in [-0.15, -0.1) is 0 Å². The third-order valence-corrected chi connectivity index (χ3v) is 7.42. The number of hydrogen-bond acceptors (Lipinski definition) is 6. The van der Waals surface area contributed by atoms with Crippen molar-refractivity contribution >= 4 is 15.8 Å². The van der Waals surface area contributed by atoms with Crippen LogP contribution in [-0.4, -0.2) is 39.9 Å². The van der Waals surface area contributed by atoms with Crippen molar-refractivity contribution in [3.05, 3.63) is 60.2 Å². The molecule has 0 aromatic heterocycles. The second kappa shape index (κ2) is 7.32.